The van der Waals surface area contributed by atoms with E-state index in [1.165, 1.54) is 20.3 Å². The Morgan fingerprint density at radius 1 is 0.764 bits per heavy atom. The van der Waals surface area contributed by atoms with Crippen molar-refractivity contribution >= 4 is 24.0 Å². The highest BCUT2D eigenvalue weighted by Gasteiger charge is 2.41. The number of halogens is 1. The number of nitrogens with zero attached hydrogens (tertiary/aromatic N) is 4. The van der Waals surface area contributed by atoms with Crippen LogP contribution in [0.25, 0.3) is 0 Å². The third-order valence-corrected chi connectivity index (χ3v) is 9.83. The highest BCUT2D eigenvalue weighted by atomic mass is 19.1. The fourth-order valence-electron chi connectivity index (χ4n) is 6.96. The first-order valence-corrected chi connectivity index (χ1v) is 18.4. The van der Waals surface area contributed by atoms with E-state index < -0.39 is 30.1 Å². The third kappa shape index (κ3) is 9.65. The van der Waals surface area contributed by atoms with Gasteiger partial charge in [0.15, 0.2) is 0 Å². The quantitative estimate of drug-likeness (QED) is 0.241. The minimum atomic E-state index is -0.756. The number of nitrogens with one attached hydrogen (secondary N) is 4. The summed E-state index contributed by atoms with van der Waals surface area (Å²) in [6, 6.07) is 2.37. The predicted molar refractivity (Wildman–Crippen MR) is 200 cm³/mol. The molecule has 2 aromatic heterocycles. The van der Waals surface area contributed by atoms with Gasteiger partial charge in [0, 0.05) is 18.7 Å². The van der Waals surface area contributed by atoms with Gasteiger partial charge in [-0.3, -0.25) is 9.59 Å². The summed E-state index contributed by atoms with van der Waals surface area (Å²) in [5, 5.41) is 5.30. The summed E-state index contributed by atoms with van der Waals surface area (Å²) >= 11 is 0. The minimum Gasteiger partial charge on any atom is -0.453 e. The third-order valence-electron chi connectivity index (χ3n) is 9.83. The zero-order valence-corrected chi connectivity index (χ0v) is 32.5. The maximum atomic E-state index is 15.2. The molecule has 55 heavy (non-hydrogen) atoms. The first kappa shape index (κ1) is 40.4. The van der Waals surface area contributed by atoms with Crippen LogP contribution in [-0.4, -0.2) is 93.1 Å². The van der Waals surface area contributed by atoms with Crippen LogP contribution in [0.3, 0.4) is 0 Å². The van der Waals surface area contributed by atoms with Crippen LogP contribution in [0, 0.1) is 53.2 Å². The average molecular weight is 757 g/mol. The lowest BCUT2D eigenvalue weighted by Gasteiger charge is -2.30. The Morgan fingerprint density at radius 3 is 1.64 bits per heavy atom. The molecule has 0 spiro atoms. The molecule has 2 fully saturated rings. The van der Waals surface area contributed by atoms with Gasteiger partial charge < -0.3 is 39.9 Å². The predicted octanol–water partition coefficient (Wildman–Crippen LogP) is 4.65. The van der Waals surface area contributed by atoms with Crippen molar-refractivity contribution in [2.24, 2.45) is 23.7 Å². The number of alkyl carbamates (subject to hydrolysis) is 2. The fourth-order valence-corrected chi connectivity index (χ4v) is 6.96. The molecule has 5 rings (SSSR count). The average Bonchev–Trinajstić information content (AvgIpc) is 3.97. The van der Waals surface area contributed by atoms with Crippen molar-refractivity contribution < 1.29 is 33.0 Å². The van der Waals surface area contributed by atoms with Gasteiger partial charge in [-0.2, -0.15) is 0 Å². The molecule has 4 amide bonds. The van der Waals surface area contributed by atoms with Gasteiger partial charge in [0.2, 0.25) is 11.8 Å². The minimum absolute atomic E-state index is 0.157. The van der Waals surface area contributed by atoms with Crippen molar-refractivity contribution in [3.8, 4) is 23.7 Å². The molecule has 2 aliphatic rings. The second-order valence-electron chi connectivity index (χ2n) is 15.0. The van der Waals surface area contributed by atoms with Crippen LogP contribution in [-0.2, 0) is 19.1 Å². The molecule has 6 atom stereocenters. The summed E-state index contributed by atoms with van der Waals surface area (Å²) < 4.78 is 24.6. The molecule has 15 heteroatoms. The topological polar surface area (TPSA) is 175 Å². The monoisotopic (exact) mass is 756 g/mol. The van der Waals surface area contributed by atoms with E-state index in [9.17, 15) is 19.2 Å². The maximum absolute atomic E-state index is 15.2. The zero-order chi connectivity index (χ0) is 40.0. The number of aromatic nitrogens is 4. The maximum Gasteiger partial charge on any atom is 0.407 e. The smallest absolute Gasteiger partial charge is 0.407 e. The number of carbonyl (C=O) groups is 4. The van der Waals surface area contributed by atoms with Gasteiger partial charge in [-0.25, -0.2) is 23.9 Å². The van der Waals surface area contributed by atoms with Gasteiger partial charge in [0.1, 0.15) is 40.9 Å². The largest absolute Gasteiger partial charge is 0.453 e. The van der Waals surface area contributed by atoms with E-state index in [-0.39, 0.29) is 53.1 Å². The fraction of sp³-hybridized carbons (Fsp3) is 0.500. The lowest BCUT2D eigenvalue weighted by molar-refractivity contribution is -0.136. The number of rotatable bonds is 8. The molecule has 4 N–H and O–H groups in total. The van der Waals surface area contributed by atoms with E-state index in [0.29, 0.717) is 54.5 Å². The zero-order valence-electron chi connectivity index (χ0n) is 32.5. The normalized spacial score (nSPS) is 20.3. The molecule has 0 radical (unpaired) electrons. The highest BCUT2D eigenvalue weighted by molar-refractivity contribution is 5.87. The number of likely N-dealkylation sites (tertiary alicyclic amines) is 2. The van der Waals surface area contributed by atoms with Crippen LogP contribution in [0.15, 0.2) is 30.6 Å². The van der Waals surface area contributed by atoms with E-state index in [1.54, 1.807) is 34.3 Å². The summed E-state index contributed by atoms with van der Waals surface area (Å²) in [5.74, 6) is 12.0. The second-order valence-corrected chi connectivity index (χ2v) is 15.0. The van der Waals surface area contributed by atoms with E-state index in [2.05, 4.69) is 68.1 Å². The summed E-state index contributed by atoms with van der Waals surface area (Å²) in [7, 11) is 2.51. The van der Waals surface area contributed by atoms with Gasteiger partial charge in [0.25, 0.3) is 0 Å². The van der Waals surface area contributed by atoms with Gasteiger partial charge in [-0.1, -0.05) is 53.4 Å². The lowest BCUT2D eigenvalue weighted by atomic mass is 10.0. The van der Waals surface area contributed by atoms with Crippen LogP contribution in [0.5, 0.6) is 0 Å². The molecule has 2 aliphatic heterocycles. The number of H-pyrrole nitrogens is 2. The summed E-state index contributed by atoms with van der Waals surface area (Å²) in [4.78, 5) is 69.8. The first-order valence-electron chi connectivity index (χ1n) is 18.4. The molecular formula is C40H49FN8O6. The number of ether oxygens (including phenoxy) is 2. The molecule has 0 aliphatic carbocycles. The molecule has 1 aromatic carbocycles. The number of carbonyl (C=O) groups excluding carboxylic acids is 4. The van der Waals surface area contributed by atoms with Crippen molar-refractivity contribution in [3.63, 3.8) is 0 Å². The van der Waals surface area contributed by atoms with Crippen molar-refractivity contribution in [1.29, 1.82) is 0 Å². The summed E-state index contributed by atoms with van der Waals surface area (Å²) in [6.07, 6.45) is 3.17. The van der Waals surface area contributed by atoms with E-state index in [0.717, 1.165) is 0 Å². The van der Waals surface area contributed by atoms with Crippen LogP contribution >= 0.6 is 0 Å². The van der Waals surface area contributed by atoms with Crippen LogP contribution in [0.4, 0.5) is 14.0 Å². The van der Waals surface area contributed by atoms with Gasteiger partial charge >= 0.3 is 12.2 Å². The molecule has 6 unspecified atom stereocenters. The Kier molecular flexibility index (Phi) is 12.9. The Balaban J connectivity index is 1.26. The molecule has 14 nitrogen and oxygen atoms in total. The highest BCUT2D eigenvalue weighted by Crippen LogP contribution is 2.36. The number of benzene rings is 1. The molecule has 0 bridgehead atoms. The van der Waals surface area contributed by atoms with Crippen LogP contribution < -0.4 is 10.6 Å². The van der Waals surface area contributed by atoms with Crippen molar-refractivity contribution in [2.75, 3.05) is 27.3 Å². The van der Waals surface area contributed by atoms with E-state index in [1.807, 2.05) is 27.7 Å². The number of aromatic amines is 2. The number of methoxy groups -OCH3 is 2. The molecule has 4 heterocycles. The number of imidazole rings is 2. The first-order chi connectivity index (χ1) is 26.2. The number of amides is 4. The van der Waals surface area contributed by atoms with Gasteiger partial charge in [-0.15, -0.1) is 0 Å². The van der Waals surface area contributed by atoms with E-state index >= 15 is 4.39 Å². The van der Waals surface area contributed by atoms with Crippen molar-refractivity contribution in [2.45, 2.75) is 78.6 Å². The Hall–Kier alpha value is -5.83. The number of hydrogen-bond donors (Lipinski definition) is 4. The molecule has 3 aromatic rings. The molecule has 0 saturated carbocycles. The van der Waals surface area contributed by atoms with Crippen molar-refractivity contribution in [1.82, 2.24) is 40.4 Å². The van der Waals surface area contributed by atoms with Gasteiger partial charge in [-0.05, 0) is 66.6 Å². The Morgan fingerprint density at radius 2 is 1.22 bits per heavy atom. The van der Waals surface area contributed by atoms with Crippen LogP contribution in [0.2, 0.25) is 0 Å². The van der Waals surface area contributed by atoms with Crippen LogP contribution in [0.1, 0.15) is 101 Å². The molecule has 2 saturated heterocycles. The van der Waals surface area contributed by atoms with Crippen molar-refractivity contribution in [3.05, 3.63) is 70.6 Å². The Labute approximate surface area is 320 Å². The lowest BCUT2D eigenvalue weighted by Crippen LogP contribution is -2.51. The summed E-state index contributed by atoms with van der Waals surface area (Å²) in [6.45, 7) is 12.6. The molecular weight excluding hydrogens is 707 g/mol. The SMILES string of the molecule is COC(=O)NC(C(=O)N1CC(C)CC1c1ncc(C#Cc2ccc(C#Cc3cnc(C4CC(C)CN4C(=O)C(NC(=O)OC)C(C)C)[nH]3)c(F)c2)[nH]1)C(C)C. The molecule has 292 valence electrons. The second kappa shape index (κ2) is 17.5. The standard InChI is InChI=1S/C40H49FN8O6/c1-22(2)33(46-39(52)54-7)37(50)48-20-24(5)15-31(48)35-42-18-28(44-35)13-10-26-9-11-27(30(41)17-26)12-14-29-19-43-36(45-29)32-16-25(6)21-49(32)38(51)34(23(3)4)47-40(53)55-8/h9,11,17-19,22-25,31-34H,15-16,20-21H2,1-8H3,(H,42,44)(H,43,45)(H,46,52)(H,47,53). The van der Waals surface area contributed by atoms with Gasteiger partial charge in [0.05, 0.1) is 44.3 Å². The number of hydrogen-bond acceptors (Lipinski definition) is 8. The summed E-state index contributed by atoms with van der Waals surface area (Å²) in [5.41, 5.74) is 1.58. The Bertz CT molecular complexity index is 2020. The van der Waals surface area contributed by atoms with E-state index in [4.69, 9.17) is 9.47 Å².